The summed E-state index contributed by atoms with van der Waals surface area (Å²) < 4.78 is 12.7. The van der Waals surface area contributed by atoms with Gasteiger partial charge in [0.2, 0.25) is 0 Å². The second kappa shape index (κ2) is 4.95. The van der Waals surface area contributed by atoms with Crippen molar-refractivity contribution in [3.05, 3.63) is 29.8 Å². The number of hydrogen-bond acceptors (Lipinski definition) is 5. The molecule has 6 heteroatoms. The van der Waals surface area contributed by atoms with Crippen LogP contribution in [0.4, 0.5) is 5.69 Å². The SMILES string of the molecule is COc1cc(N)ccc1OCc1nnc(C)n1C. The molecule has 0 bridgehead atoms. The predicted molar refractivity (Wildman–Crippen MR) is 67.5 cm³/mol. The lowest BCUT2D eigenvalue weighted by Gasteiger charge is -2.10. The molecular formula is C12H16N4O2. The summed E-state index contributed by atoms with van der Waals surface area (Å²) in [6.45, 7) is 2.22. The lowest BCUT2D eigenvalue weighted by atomic mass is 10.3. The van der Waals surface area contributed by atoms with Gasteiger partial charge in [0.15, 0.2) is 17.3 Å². The van der Waals surface area contributed by atoms with E-state index >= 15 is 0 Å². The van der Waals surface area contributed by atoms with Crippen molar-refractivity contribution in [3.8, 4) is 11.5 Å². The molecule has 96 valence electrons. The third-order valence-electron chi connectivity index (χ3n) is 2.73. The molecule has 0 fully saturated rings. The highest BCUT2D eigenvalue weighted by molar-refractivity contribution is 5.51. The minimum atomic E-state index is 0.331. The maximum Gasteiger partial charge on any atom is 0.170 e. The Morgan fingerprint density at radius 3 is 2.67 bits per heavy atom. The Morgan fingerprint density at radius 1 is 1.28 bits per heavy atom. The third kappa shape index (κ3) is 2.37. The Morgan fingerprint density at radius 2 is 2.06 bits per heavy atom. The summed E-state index contributed by atoms with van der Waals surface area (Å²) in [7, 11) is 3.47. The summed E-state index contributed by atoms with van der Waals surface area (Å²) >= 11 is 0. The van der Waals surface area contributed by atoms with Gasteiger partial charge in [0.05, 0.1) is 7.11 Å². The third-order valence-corrected chi connectivity index (χ3v) is 2.73. The molecular weight excluding hydrogens is 232 g/mol. The van der Waals surface area contributed by atoms with E-state index in [2.05, 4.69) is 10.2 Å². The van der Waals surface area contributed by atoms with Crippen molar-refractivity contribution in [2.24, 2.45) is 7.05 Å². The van der Waals surface area contributed by atoms with Gasteiger partial charge < -0.3 is 19.8 Å². The Balaban J connectivity index is 2.13. The molecule has 0 atom stereocenters. The molecule has 0 aliphatic heterocycles. The molecule has 1 aromatic carbocycles. The highest BCUT2D eigenvalue weighted by Gasteiger charge is 2.08. The topological polar surface area (TPSA) is 75.2 Å². The van der Waals surface area contributed by atoms with Gasteiger partial charge in [-0.1, -0.05) is 0 Å². The number of rotatable bonds is 4. The first-order valence-corrected chi connectivity index (χ1v) is 5.53. The van der Waals surface area contributed by atoms with Crippen molar-refractivity contribution in [1.82, 2.24) is 14.8 Å². The minimum Gasteiger partial charge on any atom is -0.493 e. The second-order valence-corrected chi connectivity index (χ2v) is 3.92. The van der Waals surface area contributed by atoms with Gasteiger partial charge in [-0.05, 0) is 19.1 Å². The largest absolute Gasteiger partial charge is 0.493 e. The zero-order chi connectivity index (χ0) is 13.1. The number of nitrogens with two attached hydrogens (primary N) is 1. The number of anilines is 1. The van der Waals surface area contributed by atoms with Crippen LogP contribution in [0.3, 0.4) is 0 Å². The van der Waals surface area contributed by atoms with Crippen LogP contribution in [-0.4, -0.2) is 21.9 Å². The zero-order valence-electron chi connectivity index (χ0n) is 10.7. The average Bonchev–Trinajstić information content (AvgIpc) is 2.68. The van der Waals surface area contributed by atoms with E-state index in [-0.39, 0.29) is 0 Å². The molecule has 0 aliphatic rings. The van der Waals surface area contributed by atoms with E-state index < -0.39 is 0 Å². The highest BCUT2D eigenvalue weighted by atomic mass is 16.5. The number of nitrogens with zero attached hydrogens (tertiary/aromatic N) is 3. The van der Waals surface area contributed by atoms with Crippen LogP contribution in [0.1, 0.15) is 11.6 Å². The first-order valence-electron chi connectivity index (χ1n) is 5.53. The molecule has 6 nitrogen and oxygen atoms in total. The predicted octanol–water partition coefficient (Wildman–Crippen LogP) is 1.29. The molecule has 0 radical (unpaired) electrons. The van der Waals surface area contributed by atoms with Gasteiger partial charge in [-0.25, -0.2) is 0 Å². The molecule has 2 N–H and O–H groups in total. The van der Waals surface area contributed by atoms with E-state index in [9.17, 15) is 0 Å². The van der Waals surface area contributed by atoms with Crippen molar-refractivity contribution in [3.63, 3.8) is 0 Å². The van der Waals surface area contributed by atoms with Crippen LogP contribution in [0.15, 0.2) is 18.2 Å². The molecule has 0 spiro atoms. The highest BCUT2D eigenvalue weighted by Crippen LogP contribution is 2.29. The van der Waals surface area contributed by atoms with E-state index in [0.29, 0.717) is 23.8 Å². The summed E-state index contributed by atoms with van der Waals surface area (Å²) in [5.74, 6) is 2.84. The van der Waals surface area contributed by atoms with Crippen molar-refractivity contribution in [2.45, 2.75) is 13.5 Å². The maximum absolute atomic E-state index is 5.68. The van der Waals surface area contributed by atoms with Crippen LogP contribution in [0.2, 0.25) is 0 Å². The van der Waals surface area contributed by atoms with Crippen molar-refractivity contribution >= 4 is 5.69 Å². The molecule has 0 amide bonds. The number of ether oxygens (including phenoxy) is 2. The van der Waals surface area contributed by atoms with Gasteiger partial charge in [0.1, 0.15) is 12.4 Å². The van der Waals surface area contributed by atoms with Crippen LogP contribution in [0, 0.1) is 6.92 Å². The standard InChI is InChI=1S/C12H16N4O2/c1-8-14-15-12(16(8)2)7-18-10-5-4-9(13)6-11(10)17-3/h4-6H,7,13H2,1-3H3. The molecule has 0 saturated carbocycles. The van der Waals surface area contributed by atoms with Crippen molar-refractivity contribution in [2.75, 3.05) is 12.8 Å². The Bertz CT molecular complexity index is 551. The maximum atomic E-state index is 5.68. The number of aromatic nitrogens is 3. The van der Waals surface area contributed by atoms with Gasteiger partial charge >= 0.3 is 0 Å². The Labute approximate surface area is 105 Å². The number of methoxy groups -OCH3 is 1. The number of hydrogen-bond donors (Lipinski definition) is 1. The fraction of sp³-hybridized carbons (Fsp3) is 0.333. The summed E-state index contributed by atoms with van der Waals surface area (Å²) in [5, 5.41) is 7.99. The van der Waals surface area contributed by atoms with Crippen LogP contribution < -0.4 is 15.2 Å². The summed E-state index contributed by atoms with van der Waals surface area (Å²) in [4.78, 5) is 0. The fourth-order valence-corrected chi connectivity index (χ4v) is 1.52. The van der Waals surface area contributed by atoms with E-state index in [1.165, 1.54) is 0 Å². The van der Waals surface area contributed by atoms with Gasteiger partial charge in [-0.3, -0.25) is 0 Å². The van der Waals surface area contributed by atoms with Gasteiger partial charge in [0, 0.05) is 18.8 Å². The van der Waals surface area contributed by atoms with Gasteiger partial charge in [-0.2, -0.15) is 0 Å². The lowest BCUT2D eigenvalue weighted by molar-refractivity contribution is 0.272. The molecule has 2 aromatic rings. The Kier molecular flexibility index (Phi) is 3.36. The molecule has 2 rings (SSSR count). The van der Waals surface area contributed by atoms with Crippen LogP contribution in [-0.2, 0) is 13.7 Å². The van der Waals surface area contributed by atoms with Crippen molar-refractivity contribution < 1.29 is 9.47 Å². The monoisotopic (exact) mass is 248 g/mol. The van der Waals surface area contributed by atoms with E-state index in [1.54, 1.807) is 25.3 Å². The van der Waals surface area contributed by atoms with Crippen molar-refractivity contribution in [1.29, 1.82) is 0 Å². The van der Waals surface area contributed by atoms with E-state index in [4.69, 9.17) is 15.2 Å². The molecule has 1 aromatic heterocycles. The first-order chi connectivity index (χ1) is 8.61. The summed E-state index contributed by atoms with van der Waals surface area (Å²) in [6.07, 6.45) is 0. The normalized spacial score (nSPS) is 10.4. The lowest BCUT2D eigenvalue weighted by Crippen LogP contribution is -2.05. The molecule has 18 heavy (non-hydrogen) atoms. The Hall–Kier alpha value is -2.24. The van der Waals surface area contributed by atoms with Gasteiger partial charge in [0.25, 0.3) is 0 Å². The number of aryl methyl sites for hydroxylation is 1. The molecule has 0 aliphatic carbocycles. The van der Waals surface area contributed by atoms with Crippen LogP contribution in [0.5, 0.6) is 11.5 Å². The van der Waals surface area contributed by atoms with Crippen LogP contribution in [0.25, 0.3) is 0 Å². The van der Waals surface area contributed by atoms with E-state index in [0.717, 1.165) is 11.6 Å². The number of nitrogen functional groups attached to an aromatic ring is 1. The fourth-order valence-electron chi connectivity index (χ4n) is 1.52. The first kappa shape index (κ1) is 12.2. The summed E-state index contributed by atoms with van der Waals surface area (Å²) in [6, 6.07) is 5.26. The minimum absolute atomic E-state index is 0.331. The quantitative estimate of drug-likeness (QED) is 0.825. The zero-order valence-corrected chi connectivity index (χ0v) is 10.7. The number of benzene rings is 1. The second-order valence-electron chi connectivity index (χ2n) is 3.92. The average molecular weight is 248 g/mol. The molecule has 1 heterocycles. The van der Waals surface area contributed by atoms with Gasteiger partial charge in [-0.15, -0.1) is 10.2 Å². The molecule has 0 unspecified atom stereocenters. The van der Waals surface area contributed by atoms with E-state index in [1.807, 2.05) is 18.5 Å². The van der Waals surface area contributed by atoms with Crippen LogP contribution >= 0.6 is 0 Å². The smallest absolute Gasteiger partial charge is 0.170 e. The molecule has 0 saturated heterocycles. The summed E-state index contributed by atoms with van der Waals surface area (Å²) in [5.41, 5.74) is 6.31.